The van der Waals surface area contributed by atoms with Crippen molar-refractivity contribution in [1.29, 1.82) is 5.26 Å². The van der Waals surface area contributed by atoms with Crippen molar-refractivity contribution in [2.75, 3.05) is 7.11 Å². The van der Waals surface area contributed by atoms with Crippen LogP contribution in [0, 0.1) is 23.1 Å². The molecule has 0 spiro atoms. The van der Waals surface area contributed by atoms with Crippen LogP contribution in [0.4, 0.5) is 4.39 Å². The first-order valence-electron chi connectivity index (χ1n) is 13.5. The Morgan fingerprint density at radius 1 is 0.912 bits per heavy atom. The largest absolute Gasteiger partial charge is 0.493 e. The summed E-state index contributed by atoms with van der Waals surface area (Å²) in [6.45, 7) is 4.37. The Kier molecular flexibility index (Phi) is 10.4. The lowest BCUT2D eigenvalue weighted by atomic mass is 9.76. The van der Waals surface area contributed by atoms with Gasteiger partial charge in [0.2, 0.25) is 0 Å². The minimum Gasteiger partial charge on any atom is -0.493 e. The number of benzene rings is 2. The summed E-state index contributed by atoms with van der Waals surface area (Å²) >= 11 is 0. The predicted octanol–water partition coefficient (Wildman–Crippen LogP) is 9.35. The molecule has 3 rings (SSSR count). The van der Waals surface area contributed by atoms with E-state index in [9.17, 15) is 5.26 Å². The van der Waals surface area contributed by atoms with E-state index in [-0.39, 0.29) is 11.6 Å². The maximum Gasteiger partial charge on any atom is 0.168 e. The molecule has 0 unspecified atom stereocenters. The molecule has 0 saturated heterocycles. The van der Waals surface area contributed by atoms with Gasteiger partial charge in [-0.3, -0.25) is 0 Å². The topological polar surface area (TPSA) is 33.0 Å². The molecule has 0 aliphatic heterocycles. The molecular weight excluding hydrogens is 421 g/mol. The van der Waals surface area contributed by atoms with Gasteiger partial charge in [-0.2, -0.15) is 5.26 Å². The van der Waals surface area contributed by atoms with Crippen molar-refractivity contribution in [3.05, 3.63) is 52.8 Å². The summed E-state index contributed by atoms with van der Waals surface area (Å²) in [5, 5.41) is 9.92. The third kappa shape index (κ3) is 6.62. The molecule has 34 heavy (non-hydrogen) atoms. The second kappa shape index (κ2) is 13.5. The number of methoxy groups -OCH3 is 1. The van der Waals surface area contributed by atoms with E-state index in [1.807, 2.05) is 24.3 Å². The highest BCUT2D eigenvalue weighted by atomic mass is 19.1. The molecule has 184 valence electrons. The van der Waals surface area contributed by atoms with Crippen molar-refractivity contribution in [2.24, 2.45) is 5.92 Å². The fourth-order valence-corrected chi connectivity index (χ4v) is 5.53. The van der Waals surface area contributed by atoms with Gasteiger partial charge in [-0.05, 0) is 67.6 Å². The van der Waals surface area contributed by atoms with Crippen molar-refractivity contribution in [1.82, 2.24) is 0 Å². The van der Waals surface area contributed by atoms with Crippen molar-refractivity contribution in [2.45, 2.75) is 103 Å². The van der Waals surface area contributed by atoms with Crippen LogP contribution in [0.2, 0.25) is 0 Å². The van der Waals surface area contributed by atoms with Gasteiger partial charge in [0.25, 0.3) is 0 Å². The summed E-state index contributed by atoms with van der Waals surface area (Å²) in [4.78, 5) is 0. The number of hydrogen-bond donors (Lipinski definition) is 0. The zero-order valence-corrected chi connectivity index (χ0v) is 21.5. The molecule has 0 N–H and O–H groups in total. The molecule has 0 amide bonds. The first-order chi connectivity index (χ1) is 16.6. The number of unbranched alkanes of at least 4 members (excludes halogenated alkanes) is 5. The molecule has 1 aliphatic rings. The fourth-order valence-electron chi connectivity index (χ4n) is 5.53. The SMILES string of the molecule is CCCCCCCC1CCC(c2ccc(-c3ccc(CCCC)c(F)c3OC)c(C#N)c2)CC1. The Morgan fingerprint density at radius 3 is 2.29 bits per heavy atom. The predicted molar refractivity (Wildman–Crippen MR) is 140 cm³/mol. The van der Waals surface area contributed by atoms with Crippen LogP contribution in [0.5, 0.6) is 5.75 Å². The second-order valence-corrected chi connectivity index (χ2v) is 10.1. The van der Waals surface area contributed by atoms with Crippen molar-refractivity contribution >= 4 is 0 Å². The molecule has 0 aromatic heterocycles. The molecule has 1 aliphatic carbocycles. The van der Waals surface area contributed by atoms with Crippen LogP contribution >= 0.6 is 0 Å². The maximum atomic E-state index is 15.1. The van der Waals surface area contributed by atoms with E-state index in [2.05, 4.69) is 26.0 Å². The van der Waals surface area contributed by atoms with Crippen LogP contribution < -0.4 is 4.74 Å². The highest BCUT2D eigenvalue weighted by molar-refractivity contribution is 5.77. The molecule has 1 saturated carbocycles. The molecule has 2 nitrogen and oxygen atoms in total. The van der Waals surface area contributed by atoms with E-state index in [1.165, 1.54) is 76.9 Å². The average Bonchev–Trinajstić information content (AvgIpc) is 2.87. The highest BCUT2D eigenvalue weighted by Gasteiger charge is 2.24. The Balaban J connectivity index is 1.70. The van der Waals surface area contributed by atoms with E-state index in [1.54, 1.807) is 0 Å². The minimum absolute atomic E-state index is 0.247. The van der Waals surface area contributed by atoms with Gasteiger partial charge in [0.1, 0.15) is 0 Å². The van der Waals surface area contributed by atoms with Crippen LogP contribution in [0.1, 0.15) is 114 Å². The molecule has 0 bridgehead atoms. The molecule has 0 heterocycles. The van der Waals surface area contributed by atoms with E-state index < -0.39 is 0 Å². The summed E-state index contributed by atoms with van der Waals surface area (Å²) < 4.78 is 20.6. The average molecular weight is 464 g/mol. The van der Waals surface area contributed by atoms with Gasteiger partial charge in [-0.25, -0.2) is 4.39 Å². The summed E-state index contributed by atoms with van der Waals surface area (Å²) in [7, 11) is 1.51. The van der Waals surface area contributed by atoms with Gasteiger partial charge in [0.15, 0.2) is 11.6 Å². The second-order valence-electron chi connectivity index (χ2n) is 10.1. The molecule has 3 heteroatoms. The summed E-state index contributed by atoms with van der Waals surface area (Å²) in [5.41, 5.74) is 3.95. The first kappa shape index (κ1) is 26.3. The normalized spacial score (nSPS) is 18.0. The standard InChI is InChI=1S/C31H42FNO/c1-4-6-8-9-10-11-23-13-15-24(16-14-23)26-18-19-28(27(21-26)22-33)29-20-17-25(12-7-5-2)30(32)31(29)34-3/h17-21,23-24H,4-16H2,1-3H3. The number of ether oxygens (including phenoxy) is 1. The third-order valence-corrected chi connectivity index (χ3v) is 7.67. The van der Waals surface area contributed by atoms with Crippen molar-refractivity contribution in [3.8, 4) is 22.9 Å². The van der Waals surface area contributed by atoms with Crippen LogP contribution in [-0.2, 0) is 6.42 Å². The lowest BCUT2D eigenvalue weighted by Gasteiger charge is -2.29. The van der Waals surface area contributed by atoms with Crippen molar-refractivity contribution < 1.29 is 9.13 Å². The zero-order chi connectivity index (χ0) is 24.3. The van der Waals surface area contributed by atoms with E-state index in [0.29, 0.717) is 29.0 Å². The van der Waals surface area contributed by atoms with Gasteiger partial charge in [-0.15, -0.1) is 0 Å². The number of rotatable bonds is 12. The Hall–Kier alpha value is -2.34. The maximum absolute atomic E-state index is 15.1. The molecule has 0 radical (unpaired) electrons. The van der Waals surface area contributed by atoms with Crippen LogP contribution in [0.3, 0.4) is 0 Å². The molecule has 2 aromatic carbocycles. The highest BCUT2D eigenvalue weighted by Crippen LogP contribution is 2.41. The lowest BCUT2D eigenvalue weighted by Crippen LogP contribution is -2.13. The van der Waals surface area contributed by atoms with E-state index >= 15 is 4.39 Å². The number of nitriles is 1. The van der Waals surface area contributed by atoms with Gasteiger partial charge in [0, 0.05) is 11.1 Å². The summed E-state index contributed by atoms with van der Waals surface area (Å²) in [6.07, 6.45) is 15.8. The van der Waals surface area contributed by atoms with Gasteiger partial charge in [0.05, 0.1) is 18.7 Å². The number of hydrogen-bond acceptors (Lipinski definition) is 2. The quantitative estimate of drug-likeness (QED) is 0.294. The Morgan fingerprint density at radius 2 is 1.62 bits per heavy atom. The molecule has 2 aromatic rings. The fraction of sp³-hybridized carbons (Fsp3) is 0.581. The third-order valence-electron chi connectivity index (χ3n) is 7.67. The van der Waals surface area contributed by atoms with E-state index in [4.69, 9.17) is 4.74 Å². The number of aryl methyl sites for hydroxylation is 1. The smallest absolute Gasteiger partial charge is 0.168 e. The van der Waals surface area contributed by atoms with Crippen LogP contribution in [0.25, 0.3) is 11.1 Å². The zero-order valence-electron chi connectivity index (χ0n) is 21.5. The number of nitrogens with zero attached hydrogens (tertiary/aromatic N) is 1. The van der Waals surface area contributed by atoms with Crippen molar-refractivity contribution in [3.63, 3.8) is 0 Å². The number of halogens is 1. The summed E-state index contributed by atoms with van der Waals surface area (Å²) in [5.74, 6) is 1.34. The monoisotopic (exact) mass is 463 g/mol. The Bertz CT molecular complexity index is 953. The first-order valence-corrected chi connectivity index (χ1v) is 13.5. The van der Waals surface area contributed by atoms with Gasteiger partial charge >= 0.3 is 0 Å². The van der Waals surface area contributed by atoms with Crippen LogP contribution in [-0.4, -0.2) is 7.11 Å². The molecular formula is C31H42FNO. The molecule has 1 fully saturated rings. The molecule has 0 atom stereocenters. The lowest BCUT2D eigenvalue weighted by molar-refractivity contribution is 0.302. The van der Waals surface area contributed by atoms with Crippen LogP contribution in [0.15, 0.2) is 30.3 Å². The van der Waals surface area contributed by atoms with Gasteiger partial charge in [-0.1, -0.05) is 83.1 Å². The minimum atomic E-state index is -0.297. The Labute approximate surface area is 206 Å². The van der Waals surface area contributed by atoms with Gasteiger partial charge < -0.3 is 4.74 Å². The van der Waals surface area contributed by atoms with E-state index in [0.717, 1.165) is 24.3 Å². The summed E-state index contributed by atoms with van der Waals surface area (Å²) in [6, 6.07) is 12.3.